The minimum atomic E-state index is -3.25. The molecule has 0 saturated heterocycles. The van der Waals surface area contributed by atoms with Crippen LogP contribution in [0.1, 0.15) is 13.3 Å². The molecule has 0 fully saturated rings. The number of imidazole rings is 1. The third-order valence-electron chi connectivity index (χ3n) is 2.38. The van der Waals surface area contributed by atoms with Crippen LogP contribution in [0.25, 0.3) is 11.4 Å². The fraction of sp³-hybridized carbons (Fsp3) is 0.250. The Morgan fingerprint density at radius 2 is 2.22 bits per heavy atom. The van der Waals surface area contributed by atoms with E-state index in [0.717, 1.165) is 5.56 Å². The highest BCUT2D eigenvalue weighted by molar-refractivity contribution is 7.92. The molecule has 0 aliphatic carbocycles. The first kappa shape index (κ1) is 12.6. The zero-order valence-electron chi connectivity index (χ0n) is 10.1. The van der Waals surface area contributed by atoms with Gasteiger partial charge in [0, 0.05) is 23.6 Å². The third-order valence-corrected chi connectivity index (χ3v) is 3.87. The summed E-state index contributed by atoms with van der Waals surface area (Å²) in [5, 5.41) is 0. The molecule has 0 unspecified atom stereocenters. The number of nitrogens with one attached hydrogen (secondary N) is 2. The Balaban J connectivity index is 2.23. The Bertz CT molecular complexity index is 606. The highest BCUT2D eigenvalue weighted by atomic mass is 32.2. The SMILES string of the molecule is CCCS(=O)(=O)Nc1cccc(-c2ncc[nH]2)c1. The molecule has 5 nitrogen and oxygen atoms in total. The zero-order valence-corrected chi connectivity index (χ0v) is 10.9. The van der Waals surface area contributed by atoms with Crippen LogP contribution in [0.5, 0.6) is 0 Å². The van der Waals surface area contributed by atoms with Crippen molar-refractivity contribution in [2.75, 3.05) is 10.5 Å². The summed E-state index contributed by atoms with van der Waals surface area (Å²) in [5.74, 6) is 0.837. The molecule has 0 radical (unpaired) electrons. The van der Waals surface area contributed by atoms with Crippen molar-refractivity contribution < 1.29 is 8.42 Å². The highest BCUT2D eigenvalue weighted by Gasteiger charge is 2.09. The van der Waals surface area contributed by atoms with Crippen LogP contribution < -0.4 is 4.72 Å². The second kappa shape index (κ2) is 5.22. The fourth-order valence-corrected chi connectivity index (χ4v) is 2.78. The molecular formula is C12H15N3O2S. The van der Waals surface area contributed by atoms with Crippen molar-refractivity contribution in [2.24, 2.45) is 0 Å². The van der Waals surface area contributed by atoms with E-state index in [1.54, 1.807) is 30.6 Å². The molecule has 0 atom stereocenters. The maximum absolute atomic E-state index is 11.7. The lowest BCUT2D eigenvalue weighted by molar-refractivity contribution is 0.600. The molecule has 0 saturated carbocycles. The van der Waals surface area contributed by atoms with E-state index < -0.39 is 10.0 Å². The van der Waals surface area contributed by atoms with Crippen LogP contribution in [-0.4, -0.2) is 24.1 Å². The first-order valence-electron chi connectivity index (χ1n) is 5.71. The molecule has 0 bridgehead atoms. The van der Waals surface area contributed by atoms with Crippen molar-refractivity contribution in [1.82, 2.24) is 9.97 Å². The Hall–Kier alpha value is -1.82. The molecule has 2 aromatic rings. The smallest absolute Gasteiger partial charge is 0.232 e. The maximum atomic E-state index is 11.7. The molecule has 18 heavy (non-hydrogen) atoms. The van der Waals surface area contributed by atoms with Crippen LogP contribution in [0.15, 0.2) is 36.7 Å². The van der Waals surface area contributed by atoms with E-state index in [9.17, 15) is 8.42 Å². The summed E-state index contributed by atoms with van der Waals surface area (Å²) in [6.45, 7) is 1.83. The van der Waals surface area contributed by atoms with Crippen molar-refractivity contribution in [3.05, 3.63) is 36.7 Å². The lowest BCUT2D eigenvalue weighted by atomic mass is 10.2. The first-order valence-corrected chi connectivity index (χ1v) is 7.36. The molecule has 6 heteroatoms. The van der Waals surface area contributed by atoms with Gasteiger partial charge in [-0.15, -0.1) is 0 Å². The Labute approximate surface area is 106 Å². The average molecular weight is 265 g/mol. The summed E-state index contributed by atoms with van der Waals surface area (Å²) >= 11 is 0. The van der Waals surface area contributed by atoms with Gasteiger partial charge in [-0.05, 0) is 18.6 Å². The van der Waals surface area contributed by atoms with Gasteiger partial charge in [-0.3, -0.25) is 4.72 Å². The van der Waals surface area contributed by atoms with Crippen LogP contribution in [0.3, 0.4) is 0 Å². The number of aromatic nitrogens is 2. The molecule has 0 aliphatic rings. The lowest BCUT2D eigenvalue weighted by Crippen LogP contribution is -2.16. The van der Waals surface area contributed by atoms with Gasteiger partial charge in [0.15, 0.2) is 0 Å². The minimum absolute atomic E-state index is 0.123. The first-order chi connectivity index (χ1) is 8.61. The van der Waals surface area contributed by atoms with Gasteiger partial charge < -0.3 is 4.98 Å². The molecular weight excluding hydrogens is 250 g/mol. The number of aromatic amines is 1. The second-order valence-electron chi connectivity index (χ2n) is 3.94. The lowest BCUT2D eigenvalue weighted by Gasteiger charge is -2.07. The van der Waals surface area contributed by atoms with Crippen LogP contribution in [0, 0.1) is 0 Å². The summed E-state index contributed by atoms with van der Waals surface area (Å²) in [5.41, 5.74) is 1.40. The van der Waals surface area contributed by atoms with Crippen LogP contribution in [0.2, 0.25) is 0 Å². The van der Waals surface area contributed by atoms with E-state index in [1.165, 1.54) is 0 Å². The summed E-state index contributed by atoms with van der Waals surface area (Å²) < 4.78 is 25.9. The fourth-order valence-electron chi connectivity index (χ4n) is 1.65. The number of sulfonamides is 1. The highest BCUT2D eigenvalue weighted by Crippen LogP contribution is 2.19. The predicted molar refractivity (Wildman–Crippen MR) is 71.7 cm³/mol. The molecule has 0 aliphatic heterocycles. The molecule has 96 valence electrons. The van der Waals surface area contributed by atoms with Crippen LogP contribution in [-0.2, 0) is 10.0 Å². The van der Waals surface area contributed by atoms with Gasteiger partial charge in [-0.2, -0.15) is 0 Å². The molecule has 1 heterocycles. The number of hydrogen-bond donors (Lipinski definition) is 2. The molecule has 1 aromatic heterocycles. The normalized spacial score (nSPS) is 11.4. The van der Waals surface area contributed by atoms with Crippen LogP contribution >= 0.6 is 0 Å². The largest absolute Gasteiger partial charge is 0.345 e. The van der Waals surface area contributed by atoms with Gasteiger partial charge in [0.2, 0.25) is 10.0 Å². The van der Waals surface area contributed by atoms with Gasteiger partial charge in [-0.1, -0.05) is 19.1 Å². The molecule has 1 aromatic carbocycles. The van der Waals surface area contributed by atoms with E-state index >= 15 is 0 Å². The standard InChI is InChI=1S/C12H15N3O2S/c1-2-8-18(16,17)15-11-5-3-4-10(9-11)12-13-6-7-14-12/h3-7,9,15H,2,8H2,1H3,(H,13,14). The number of anilines is 1. The Kier molecular flexibility index (Phi) is 3.66. The van der Waals surface area contributed by atoms with E-state index in [0.29, 0.717) is 17.9 Å². The van der Waals surface area contributed by atoms with E-state index in [1.807, 2.05) is 13.0 Å². The van der Waals surface area contributed by atoms with E-state index in [2.05, 4.69) is 14.7 Å². The maximum Gasteiger partial charge on any atom is 0.232 e. The average Bonchev–Trinajstić information content (AvgIpc) is 2.81. The summed E-state index contributed by atoms with van der Waals surface area (Å²) in [6.07, 6.45) is 3.97. The quantitative estimate of drug-likeness (QED) is 0.870. The summed E-state index contributed by atoms with van der Waals surface area (Å²) in [7, 11) is -3.25. The Morgan fingerprint density at radius 3 is 2.89 bits per heavy atom. The summed E-state index contributed by atoms with van der Waals surface area (Å²) in [4.78, 5) is 7.11. The number of H-pyrrole nitrogens is 1. The number of hydrogen-bond acceptors (Lipinski definition) is 3. The van der Waals surface area contributed by atoms with Crippen molar-refractivity contribution in [1.29, 1.82) is 0 Å². The van der Waals surface area contributed by atoms with E-state index in [4.69, 9.17) is 0 Å². The van der Waals surface area contributed by atoms with Crippen molar-refractivity contribution in [3.8, 4) is 11.4 Å². The van der Waals surface area contributed by atoms with Crippen molar-refractivity contribution >= 4 is 15.7 Å². The van der Waals surface area contributed by atoms with E-state index in [-0.39, 0.29) is 5.75 Å². The van der Waals surface area contributed by atoms with Gasteiger partial charge in [0.25, 0.3) is 0 Å². The van der Waals surface area contributed by atoms with Gasteiger partial charge >= 0.3 is 0 Å². The molecule has 2 rings (SSSR count). The number of benzene rings is 1. The molecule has 0 amide bonds. The Morgan fingerprint density at radius 1 is 1.39 bits per heavy atom. The number of nitrogens with zero attached hydrogens (tertiary/aromatic N) is 1. The minimum Gasteiger partial charge on any atom is -0.345 e. The third kappa shape index (κ3) is 3.10. The van der Waals surface area contributed by atoms with Crippen molar-refractivity contribution in [3.63, 3.8) is 0 Å². The van der Waals surface area contributed by atoms with Gasteiger partial charge in [0.05, 0.1) is 5.75 Å². The summed E-state index contributed by atoms with van der Waals surface area (Å²) in [6, 6.07) is 7.14. The van der Waals surface area contributed by atoms with Gasteiger partial charge in [-0.25, -0.2) is 13.4 Å². The molecule has 2 N–H and O–H groups in total. The van der Waals surface area contributed by atoms with Crippen LogP contribution in [0.4, 0.5) is 5.69 Å². The topological polar surface area (TPSA) is 74.8 Å². The second-order valence-corrected chi connectivity index (χ2v) is 5.78. The number of rotatable bonds is 5. The van der Waals surface area contributed by atoms with Gasteiger partial charge in [0.1, 0.15) is 5.82 Å². The van der Waals surface area contributed by atoms with Crippen molar-refractivity contribution in [2.45, 2.75) is 13.3 Å². The predicted octanol–water partition coefficient (Wildman–Crippen LogP) is 2.23. The zero-order chi connectivity index (χ0) is 13.0. The molecule has 0 spiro atoms. The monoisotopic (exact) mass is 265 g/mol.